The highest BCUT2D eigenvalue weighted by molar-refractivity contribution is 5.65. The number of carbonyl (C=O) groups is 1. The molecule has 1 N–H and O–H groups in total. The molecule has 0 aromatic carbocycles. The fourth-order valence-electron chi connectivity index (χ4n) is 0.630. The summed E-state index contributed by atoms with van der Waals surface area (Å²) in [4.78, 5) is 10.1. The van der Waals surface area contributed by atoms with Crippen LogP contribution in [0.2, 0.25) is 0 Å². The molecule has 0 aliphatic carbocycles. The molecular weight excluding hydrogens is 200 g/mol. The van der Waals surface area contributed by atoms with Gasteiger partial charge in [0.05, 0.1) is 19.3 Å². The van der Waals surface area contributed by atoms with Gasteiger partial charge in [0.25, 0.3) is 0 Å². The second-order valence-corrected chi connectivity index (χ2v) is 2.84. The lowest BCUT2D eigenvalue weighted by atomic mass is 10.5. The Balaban J connectivity index is 0. The summed E-state index contributed by atoms with van der Waals surface area (Å²) in [6.07, 6.45) is -0.324. The number of aliphatic hydroxyl groups is 1. The molecular formula is C10H22O5. The third kappa shape index (κ3) is 24.7. The first-order chi connectivity index (χ1) is 7.04. The van der Waals surface area contributed by atoms with Crippen LogP contribution in [-0.4, -0.2) is 50.7 Å². The molecule has 1 atom stereocenters. The fourth-order valence-corrected chi connectivity index (χ4v) is 0.630. The number of hydrogen-bond donors (Lipinski definition) is 1. The molecule has 5 nitrogen and oxygen atoms in total. The first-order valence-electron chi connectivity index (χ1n) is 4.92. The Morgan fingerprint density at radius 2 is 2.00 bits per heavy atom. The summed E-state index contributed by atoms with van der Waals surface area (Å²) in [5, 5.41) is 8.43. The maximum Gasteiger partial charge on any atom is 0.302 e. The molecule has 0 aromatic heterocycles. The highest BCUT2D eigenvalue weighted by Crippen LogP contribution is 1.77. The molecule has 0 spiro atoms. The number of aliphatic hydroxyl groups excluding tert-OH is 1. The number of ether oxygens (including phenoxy) is 3. The van der Waals surface area contributed by atoms with Crippen molar-refractivity contribution >= 4 is 5.97 Å². The Morgan fingerprint density at radius 1 is 1.40 bits per heavy atom. The van der Waals surface area contributed by atoms with Gasteiger partial charge in [0, 0.05) is 20.6 Å². The van der Waals surface area contributed by atoms with Gasteiger partial charge < -0.3 is 19.3 Å². The van der Waals surface area contributed by atoms with Crippen molar-refractivity contribution in [3.8, 4) is 0 Å². The van der Waals surface area contributed by atoms with Gasteiger partial charge in [0.15, 0.2) is 0 Å². The van der Waals surface area contributed by atoms with Crippen LogP contribution in [0.5, 0.6) is 0 Å². The summed E-state index contributed by atoms with van der Waals surface area (Å²) in [6, 6.07) is 0. The quantitative estimate of drug-likeness (QED) is 0.526. The van der Waals surface area contributed by atoms with E-state index < -0.39 is 0 Å². The van der Waals surface area contributed by atoms with Crippen molar-refractivity contribution in [2.24, 2.45) is 0 Å². The number of esters is 1. The second-order valence-electron chi connectivity index (χ2n) is 2.84. The maximum atomic E-state index is 10.1. The van der Waals surface area contributed by atoms with Gasteiger partial charge in [0.2, 0.25) is 0 Å². The third-order valence-corrected chi connectivity index (χ3v) is 1.14. The van der Waals surface area contributed by atoms with Crippen LogP contribution in [-0.2, 0) is 19.0 Å². The van der Waals surface area contributed by atoms with E-state index in [4.69, 9.17) is 9.84 Å². The molecule has 0 rings (SSSR count). The highest BCUT2D eigenvalue weighted by Gasteiger charge is 1.89. The molecule has 0 aliphatic heterocycles. The van der Waals surface area contributed by atoms with E-state index in [-0.39, 0.29) is 12.1 Å². The van der Waals surface area contributed by atoms with Crippen LogP contribution in [0, 0.1) is 0 Å². The van der Waals surface area contributed by atoms with Gasteiger partial charge in [-0.05, 0) is 13.8 Å². The maximum absolute atomic E-state index is 10.1. The van der Waals surface area contributed by atoms with E-state index in [0.717, 1.165) is 0 Å². The number of methoxy groups -OCH3 is 1. The van der Waals surface area contributed by atoms with Gasteiger partial charge in [-0.3, -0.25) is 4.79 Å². The molecule has 0 aliphatic rings. The molecule has 1 unspecified atom stereocenters. The van der Waals surface area contributed by atoms with Gasteiger partial charge >= 0.3 is 5.97 Å². The van der Waals surface area contributed by atoms with Crippen LogP contribution < -0.4 is 0 Å². The number of carbonyl (C=O) groups excluding carboxylic acids is 1. The zero-order chi connectivity index (χ0) is 12.1. The summed E-state index contributed by atoms with van der Waals surface area (Å²) in [6.45, 7) is 6.92. The van der Waals surface area contributed by atoms with Crippen molar-refractivity contribution in [3.05, 3.63) is 0 Å². The fraction of sp³-hybridized carbons (Fsp3) is 0.900. The third-order valence-electron chi connectivity index (χ3n) is 1.14. The van der Waals surface area contributed by atoms with Crippen LogP contribution in [0.1, 0.15) is 20.8 Å². The monoisotopic (exact) mass is 222 g/mol. The lowest BCUT2D eigenvalue weighted by Crippen LogP contribution is -2.07. The Morgan fingerprint density at radius 3 is 2.27 bits per heavy atom. The number of rotatable bonds is 6. The molecule has 5 heteroatoms. The van der Waals surface area contributed by atoms with E-state index in [1.807, 2.05) is 6.92 Å². The summed E-state index contributed by atoms with van der Waals surface area (Å²) in [5.74, 6) is -0.255. The van der Waals surface area contributed by atoms with E-state index in [9.17, 15) is 4.79 Å². The van der Waals surface area contributed by atoms with E-state index in [1.165, 1.54) is 6.92 Å². The topological polar surface area (TPSA) is 65.0 Å². The summed E-state index contributed by atoms with van der Waals surface area (Å²) in [7, 11) is 1.56. The molecule has 15 heavy (non-hydrogen) atoms. The van der Waals surface area contributed by atoms with Crippen LogP contribution in [0.15, 0.2) is 0 Å². The van der Waals surface area contributed by atoms with Crippen LogP contribution in [0.25, 0.3) is 0 Å². The van der Waals surface area contributed by atoms with Crippen molar-refractivity contribution in [2.75, 3.05) is 33.5 Å². The molecule has 0 bridgehead atoms. The molecule has 0 amide bonds. The van der Waals surface area contributed by atoms with E-state index in [2.05, 4.69) is 9.47 Å². The number of hydrogen-bond acceptors (Lipinski definition) is 5. The minimum Gasteiger partial charge on any atom is -0.463 e. The van der Waals surface area contributed by atoms with Crippen molar-refractivity contribution in [1.82, 2.24) is 0 Å². The van der Waals surface area contributed by atoms with Gasteiger partial charge in [-0.25, -0.2) is 0 Å². The summed E-state index contributed by atoms with van der Waals surface area (Å²) >= 11 is 0. The van der Waals surface area contributed by atoms with Crippen LogP contribution >= 0.6 is 0 Å². The zero-order valence-corrected chi connectivity index (χ0v) is 9.99. The lowest BCUT2D eigenvalue weighted by molar-refractivity contribution is -0.142. The predicted octanol–water partition coefficient (Wildman–Crippen LogP) is 0.600. The minimum absolute atomic E-state index is 0.255. The first-order valence-corrected chi connectivity index (χ1v) is 4.92. The lowest BCUT2D eigenvalue weighted by Gasteiger charge is -1.99. The molecule has 92 valence electrons. The Hall–Kier alpha value is -0.650. The molecule has 0 aromatic rings. The molecule has 0 radical (unpaired) electrons. The smallest absolute Gasteiger partial charge is 0.302 e. The Kier molecular flexibility index (Phi) is 14.9. The average Bonchev–Trinajstić information content (AvgIpc) is 2.13. The van der Waals surface area contributed by atoms with Crippen LogP contribution in [0.4, 0.5) is 0 Å². The molecule has 0 heterocycles. The average molecular weight is 222 g/mol. The predicted molar refractivity (Wildman–Crippen MR) is 56.7 cm³/mol. The van der Waals surface area contributed by atoms with Gasteiger partial charge in [-0.1, -0.05) is 0 Å². The van der Waals surface area contributed by atoms with E-state index >= 15 is 0 Å². The second kappa shape index (κ2) is 13.4. The van der Waals surface area contributed by atoms with E-state index in [1.54, 1.807) is 14.0 Å². The molecule has 0 saturated heterocycles. The Labute approximate surface area is 91.3 Å². The standard InChI is InChI=1S/C6H12O3.C4H10O2/c1-3-8-4-5-9-6(2)7;1-4(5)3-6-2/h3-5H2,1-2H3;4-5H,3H2,1-2H3. The van der Waals surface area contributed by atoms with E-state index in [0.29, 0.717) is 26.4 Å². The zero-order valence-electron chi connectivity index (χ0n) is 9.99. The van der Waals surface area contributed by atoms with Gasteiger partial charge in [0.1, 0.15) is 6.61 Å². The summed E-state index contributed by atoms with van der Waals surface area (Å²) in [5.41, 5.74) is 0. The molecule has 0 fully saturated rings. The first kappa shape index (κ1) is 16.8. The van der Waals surface area contributed by atoms with Crippen molar-refractivity contribution < 1.29 is 24.1 Å². The normalized spacial score (nSPS) is 11.3. The van der Waals surface area contributed by atoms with Crippen molar-refractivity contribution in [3.63, 3.8) is 0 Å². The molecule has 0 saturated carbocycles. The van der Waals surface area contributed by atoms with Crippen LogP contribution in [0.3, 0.4) is 0 Å². The largest absolute Gasteiger partial charge is 0.463 e. The highest BCUT2D eigenvalue weighted by atomic mass is 16.6. The van der Waals surface area contributed by atoms with Gasteiger partial charge in [-0.2, -0.15) is 0 Å². The van der Waals surface area contributed by atoms with Gasteiger partial charge in [-0.15, -0.1) is 0 Å². The minimum atomic E-state index is -0.324. The van der Waals surface area contributed by atoms with Crippen molar-refractivity contribution in [1.29, 1.82) is 0 Å². The Bertz CT molecular complexity index is 136. The summed E-state index contributed by atoms with van der Waals surface area (Å²) < 4.78 is 14.0. The van der Waals surface area contributed by atoms with Crippen molar-refractivity contribution in [2.45, 2.75) is 26.9 Å². The SMILES string of the molecule is CCOCCOC(C)=O.COCC(C)O.